The Bertz CT molecular complexity index is 650. The highest BCUT2D eigenvalue weighted by molar-refractivity contribution is 6.30. The lowest BCUT2D eigenvalue weighted by molar-refractivity contribution is 0.197. The van der Waals surface area contributed by atoms with Crippen molar-refractivity contribution < 1.29 is 0 Å². The van der Waals surface area contributed by atoms with Gasteiger partial charge in [-0.15, -0.1) is 0 Å². The van der Waals surface area contributed by atoms with Gasteiger partial charge >= 0.3 is 0 Å². The van der Waals surface area contributed by atoms with E-state index < -0.39 is 0 Å². The Balaban J connectivity index is 2.09. The number of nitrogens with one attached hydrogen (secondary N) is 1. The molecule has 0 bridgehead atoms. The minimum atomic E-state index is 0.301. The molecule has 2 aromatic rings. The number of piperazine rings is 1. The summed E-state index contributed by atoms with van der Waals surface area (Å²) in [5.41, 5.74) is 6.85. The predicted molar refractivity (Wildman–Crippen MR) is 98.4 cm³/mol. The van der Waals surface area contributed by atoms with Gasteiger partial charge in [0, 0.05) is 31.2 Å². The van der Waals surface area contributed by atoms with E-state index in [2.05, 4.69) is 55.3 Å². The molecular weight excluding hydrogens is 304 g/mol. The van der Waals surface area contributed by atoms with E-state index in [0.29, 0.717) is 6.04 Å². The van der Waals surface area contributed by atoms with Crippen molar-refractivity contribution in [2.75, 3.05) is 26.2 Å². The lowest BCUT2D eigenvalue weighted by Crippen LogP contribution is -2.45. The third-order valence-electron chi connectivity index (χ3n) is 4.71. The SMILES string of the molecule is Cc1cc(C)c(C(c2ccc(Cl)cc2)N2CCNCC2)c(C)c1. The van der Waals surface area contributed by atoms with Crippen molar-refractivity contribution >= 4 is 11.6 Å². The van der Waals surface area contributed by atoms with Crippen LogP contribution in [-0.2, 0) is 0 Å². The van der Waals surface area contributed by atoms with E-state index in [1.54, 1.807) is 0 Å². The smallest absolute Gasteiger partial charge is 0.0607 e. The molecule has 1 atom stereocenters. The van der Waals surface area contributed by atoms with Crippen molar-refractivity contribution in [3.8, 4) is 0 Å². The summed E-state index contributed by atoms with van der Waals surface area (Å²) in [4.78, 5) is 2.59. The second-order valence-electron chi connectivity index (χ2n) is 6.55. The number of hydrogen-bond donors (Lipinski definition) is 1. The number of hydrogen-bond acceptors (Lipinski definition) is 2. The molecule has 0 radical (unpaired) electrons. The summed E-state index contributed by atoms with van der Waals surface area (Å²) in [5.74, 6) is 0. The molecule has 122 valence electrons. The summed E-state index contributed by atoms with van der Waals surface area (Å²) in [5, 5.41) is 4.25. The van der Waals surface area contributed by atoms with Crippen molar-refractivity contribution in [1.29, 1.82) is 0 Å². The zero-order valence-electron chi connectivity index (χ0n) is 14.2. The summed E-state index contributed by atoms with van der Waals surface area (Å²) in [7, 11) is 0. The van der Waals surface area contributed by atoms with Crippen LogP contribution in [0, 0.1) is 20.8 Å². The maximum absolute atomic E-state index is 6.11. The molecule has 1 heterocycles. The average Bonchev–Trinajstić information content (AvgIpc) is 2.53. The molecule has 1 unspecified atom stereocenters. The standard InChI is InChI=1S/C20H25ClN2/c1-14-12-15(2)19(16(3)13-14)20(23-10-8-22-9-11-23)17-4-6-18(21)7-5-17/h4-7,12-13,20,22H,8-11H2,1-3H3. The normalized spacial score (nSPS) is 17.2. The van der Waals surface area contributed by atoms with Crippen LogP contribution < -0.4 is 5.32 Å². The highest BCUT2D eigenvalue weighted by Crippen LogP contribution is 2.34. The summed E-state index contributed by atoms with van der Waals surface area (Å²) >= 11 is 6.11. The largest absolute Gasteiger partial charge is 0.314 e. The van der Waals surface area contributed by atoms with E-state index in [0.717, 1.165) is 31.2 Å². The van der Waals surface area contributed by atoms with E-state index in [-0.39, 0.29) is 0 Å². The van der Waals surface area contributed by atoms with E-state index in [4.69, 9.17) is 11.6 Å². The fourth-order valence-corrected chi connectivity index (χ4v) is 3.89. The van der Waals surface area contributed by atoms with Crippen LogP contribution in [0.15, 0.2) is 36.4 Å². The second kappa shape index (κ2) is 7.04. The van der Waals surface area contributed by atoms with Crippen molar-refractivity contribution in [1.82, 2.24) is 10.2 Å². The van der Waals surface area contributed by atoms with Gasteiger partial charge in [0.1, 0.15) is 0 Å². The quantitative estimate of drug-likeness (QED) is 0.905. The van der Waals surface area contributed by atoms with Crippen LogP contribution in [0.25, 0.3) is 0 Å². The minimum absolute atomic E-state index is 0.301. The first-order valence-electron chi connectivity index (χ1n) is 8.34. The summed E-state index contributed by atoms with van der Waals surface area (Å²) in [6, 6.07) is 13.3. The molecule has 3 rings (SSSR count). The molecule has 1 aliphatic heterocycles. The molecule has 0 spiro atoms. The molecule has 1 fully saturated rings. The highest BCUT2D eigenvalue weighted by Gasteiger charge is 2.26. The van der Waals surface area contributed by atoms with Crippen LogP contribution in [0.3, 0.4) is 0 Å². The Hall–Kier alpha value is -1.35. The van der Waals surface area contributed by atoms with E-state index in [9.17, 15) is 0 Å². The Morgan fingerprint density at radius 2 is 1.52 bits per heavy atom. The van der Waals surface area contributed by atoms with Gasteiger partial charge in [-0.25, -0.2) is 0 Å². The fraction of sp³-hybridized carbons (Fsp3) is 0.400. The Morgan fingerprint density at radius 1 is 0.957 bits per heavy atom. The maximum Gasteiger partial charge on any atom is 0.0607 e. The van der Waals surface area contributed by atoms with Crippen LogP contribution >= 0.6 is 11.6 Å². The third kappa shape index (κ3) is 3.60. The zero-order chi connectivity index (χ0) is 16.4. The minimum Gasteiger partial charge on any atom is -0.314 e. The number of aryl methyl sites for hydroxylation is 3. The number of benzene rings is 2. The molecule has 2 nitrogen and oxygen atoms in total. The van der Waals surface area contributed by atoms with Gasteiger partial charge in [-0.3, -0.25) is 4.90 Å². The van der Waals surface area contributed by atoms with Crippen molar-refractivity contribution in [3.05, 3.63) is 69.2 Å². The first-order valence-corrected chi connectivity index (χ1v) is 8.72. The molecule has 0 aliphatic carbocycles. The van der Waals surface area contributed by atoms with Gasteiger partial charge in [-0.2, -0.15) is 0 Å². The van der Waals surface area contributed by atoms with Crippen LogP contribution in [0.1, 0.15) is 33.9 Å². The first-order chi connectivity index (χ1) is 11.1. The zero-order valence-corrected chi connectivity index (χ0v) is 15.0. The molecular formula is C20H25ClN2. The fourth-order valence-electron chi connectivity index (χ4n) is 3.77. The summed E-state index contributed by atoms with van der Waals surface area (Å²) < 4.78 is 0. The van der Waals surface area contributed by atoms with Gasteiger partial charge in [-0.1, -0.05) is 41.4 Å². The maximum atomic E-state index is 6.11. The van der Waals surface area contributed by atoms with Gasteiger partial charge < -0.3 is 5.32 Å². The molecule has 0 amide bonds. The Kier molecular flexibility index (Phi) is 5.05. The molecule has 3 heteroatoms. The molecule has 0 saturated carbocycles. The van der Waals surface area contributed by atoms with E-state index >= 15 is 0 Å². The summed E-state index contributed by atoms with van der Waals surface area (Å²) in [6.07, 6.45) is 0. The lowest BCUT2D eigenvalue weighted by atomic mass is 9.88. The van der Waals surface area contributed by atoms with Crippen LogP contribution in [0.4, 0.5) is 0 Å². The van der Waals surface area contributed by atoms with Crippen LogP contribution in [-0.4, -0.2) is 31.1 Å². The Labute approximate surface area is 144 Å². The average molecular weight is 329 g/mol. The van der Waals surface area contributed by atoms with Crippen molar-refractivity contribution in [2.45, 2.75) is 26.8 Å². The Morgan fingerprint density at radius 3 is 2.09 bits per heavy atom. The monoisotopic (exact) mass is 328 g/mol. The van der Waals surface area contributed by atoms with Crippen LogP contribution in [0.5, 0.6) is 0 Å². The number of rotatable bonds is 3. The van der Waals surface area contributed by atoms with Crippen molar-refractivity contribution in [2.24, 2.45) is 0 Å². The highest BCUT2D eigenvalue weighted by atomic mass is 35.5. The molecule has 1 aliphatic rings. The van der Waals surface area contributed by atoms with Gasteiger partial charge in [0.15, 0.2) is 0 Å². The van der Waals surface area contributed by atoms with Gasteiger partial charge in [0.05, 0.1) is 6.04 Å². The van der Waals surface area contributed by atoms with Gasteiger partial charge in [0.2, 0.25) is 0 Å². The number of nitrogens with zero attached hydrogens (tertiary/aromatic N) is 1. The van der Waals surface area contributed by atoms with Gasteiger partial charge in [0.25, 0.3) is 0 Å². The molecule has 1 saturated heterocycles. The first kappa shape index (κ1) is 16.5. The topological polar surface area (TPSA) is 15.3 Å². The molecule has 23 heavy (non-hydrogen) atoms. The van der Waals surface area contributed by atoms with E-state index in [1.807, 2.05) is 12.1 Å². The van der Waals surface area contributed by atoms with Crippen molar-refractivity contribution in [3.63, 3.8) is 0 Å². The second-order valence-corrected chi connectivity index (χ2v) is 6.99. The molecule has 1 N–H and O–H groups in total. The number of halogens is 1. The molecule has 2 aromatic carbocycles. The third-order valence-corrected chi connectivity index (χ3v) is 4.97. The van der Waals surface area contributed by atoms with Crippen LogP contribution in [0.2, 0.25) is 5.02 Å². The molecule has 0 aromatic heterocycles. The lowest BCUT2D eigenvalue weighted by Gasteiger charge is -2.37. The predicted octanol–water partition coefficient (Wildman–Crippen LogP) is 4.26. The van der Waals surface area contributed by atoms with E-state index in [1.165, 1.54) is 27.8 Å². The van der Waals surface area contributed by atoms with Gasteiger partial charge in [-0.05, 0) is 55.2 Å². The summed E-state index contributed by atoms with van der Waals surface area (Å²) in [6.45, 7) is 10.9.